The van der Waals surface area contributed by atoms with Crippen LogP contribution >= 0.6 is 15.9 Å². The van der Waals surface area contributed by atoms with Gasteiger partial charge in [-0.05, 0) is 30.2 Å². The van der Waals surface area contributed by atoms with Gasteiger partial charge in [-0.1, -0.05) is 15.9 Å². The van der Waals surface area contributed by atoms with E-state index in [2.05, 4.69) is 20.7 Å². The molecule has 0 fully saturated rings. The van der Waals surface area contributed by atoms with Gasteiger partial charge in [0.1, 0.15) is 5.75 Å². The highest BCUT2D eigenvalue weighted by Crippen LogP contribution is 2.28. The number of phenols is 1. The summed E-state index contributed by atoms with van der Waals surface area (Å²) in [6.45, 7) is 0. The van der Waals surface area contributed by atoms with Gasteiger partial charge in [0, 0.05) is 16.9 Å². The zero-order chi connectivity index (χ0) is 12.1. The maximum absolute atomic E-state index is 11.0. The number of rotatable bonds is 4. The van der Waals surface area contributed by atoms with Crippen LogP contribution in [0.1, 0.15) is 24.4 Å². The van der Waals surface area contributed by atoms with Crippen molar-refractivity contribution in [1.82, 2.24) is 0 Å². The second-order valence-corrected chi connectivity index (χ2v) is 4.28. The first kappa shape index (κ1) is 13.0. The quantitative estimate of drug-likeness (QED) is 0.832. The minimum absolute atomic E-state index is 0.159. The number of hydrogen-bond donors (Lipinski definition) is 2. The monoisotopic (exact) mass is 287 g/mol. The topological polar surface area (TPSA) is 72.5 Å². The van der Waals surface area contributed by atoms with E-state index in [4.69, 9.17) is 5.73 Å². The van der Waals surface area contributed by atoms with Gasteiger partial charge in [0.25, 0.3) is 0 Å². The predicted octanol–water partition coefficient (Wildman–Crippen LogP) is 2.11. The molecule has 1 atom stereocenters. The smallest absolute Gasteiger partial charge is 0.305 e. The normalized spacial score (nSPS) is 12.2. The maximum atomic E-state index is 11.0. The molecule has 1 aromatic rings. The number of halogens is 1. The molecule has 3 N–H and O–H groups in total. The Bertz CT molecular complexity index is 381. The van der Waals surface area contributed by atoms with E-state index < -0.39 is 0 Å². The molecule has 0 aliphatic rings. The number of carbonyl (C=O) groups is 1. The average Bonchev–Trinajstić information content (AvgIpc) is 2.28. The van der Waals surface area contributed by atoms with Gasteiger partial charge in [0.2, 0.25) is 0 Å². The van der Waals surface area contributed by atoms with Gasteiger partial charge in [-0.2, -0.15) is 0 Å². The summed E-state index contributed by atoms with van der Waals surface area (Å²) in [4.78, 5) is 11.0. The first-order chi connectivity index (χ1) is 7.54. The summed E-state index contributed by atoms with van der Waals surface area (Å²) in [6, 6.07) is 4.58. The van der Waals surface area contributed by atoms with Crippen molar-refractivity contribution in [1.29, 1.82) is 0 Å². The van der Waals surface area contributed by atoms with Crippen molar-refractivity contribution < 1.29 is 14.6 Å². The van der Waals surface area contributed by atoms with Crippen molar-refractivity contribution in [3.05, 3.63) is 28.2 Å². The van der Waals surface area contributed by atoms with Crippen LogP contribution in [-0.2, 0) is 9.53 Å². The molecule has 0 saturated heterocycles. The van der Waals surface area contributed by atoms with E-state index in [0.717, 1.165) is 10.0 Å². The van der Waals surface area contributed by atoms with Crippen LogP contribution in [0.5, 0.6) is 5.75 Å². The molecule has 1 aromatic carbocycles. The van der Waals surface area contributed by atoms with Crippen molar-refractivity contribution in [2.24, 2.45) is 5.73 Å². The number of aromatic hydroxyl groups is 1. The van der Waals surface area contributed by atoms with E-state index in [0.29, 0.717) is 6.42 Å². The summed E-state index contributed by atoms with van der Waals surface area (Å²) in [6.07, 6.45) is 0.745. The fourth-order valence-corrected chi connectivity index (χ4v) is 1.89. The Morgan fingerprint density at radius 3 is 2.94 bits per heavy atom. The third-order valence-corrected chi connectivity index (χ3v) is 2.99. The van der Waals surface area contributed by atoms with Crippen LogP contribution in [0.15, 0.2) is 22.7 Å². The van der Waals surface area contributed by atoms with Crippen LogP contribution in [0, 0.1) is 0 Å². The molecule has 5 heteroatoms. The molecule has 0 radical (unpaired) electrons. The standard InChI is InChI=1S/C11H14BrNO3/c1-16-11(15)5-4-10(13)8-6-7(14)2-3-9(8)12/h2-3,6,10,14H,4-5,13H2,1H3. The minimum atomic E-state index is -0.305. The van der Waals surface area contributed by atoms with E-state index in [1.165, 1.54) is 7.11 Å². The summed E-state index contributed by atoms with van der Waals surface area (Å²) in [5, 5.41) is 9.34. The Labute approximate surface area is 103 Å². The molecule has 0 aliphatic heterocycles. The second kappa shape index (κ2) is 5.86. The molecule has 0 saturated carbocycles. The first-order valence-corrected chi connectivity index (χ1v) is 5.64. The highest BCUT2D eigenvalue weighted by atomic mass is 79.9. The summed E-state index contributed by atoms with van der Waals surface area (Å²) in [5.41, 5.74) is 6.70. The third kappa shape index (κ3) is 3.50. The molecule has 0 aromatic heterocycles. The Hall–Kier alpha value is -1.07. The molecule has 0 bridgehead atoms. The number of nitrogens with two attached hydrogens (primary N) is 1. The molecule has 4 nitrogen and oxygen atoms in total. The summed E-state index contributed by atoms with van der Waals surface area (Å²) >= 11 is 3.35. The van der Waals surface area contributed by atoms with E-state index in [1.54, 1.807) is 18.2 Å². The van der Waals surface area contributed by atoms with Crippen molar-refractivity contribution in [2.45, 2.75) is 18.9 Å². The van der Waals surface area contributed by atoms with Gasteiger partial charge < -0.3 is 15.6 Å². The number of methoxy groups -OCH3 is 1. The Kier molecular flexibility index (Phi) is 4.76. The highest BCUT2D eigenvalue weighted by Gasteiger charge is 2.12. The van der Waals surface area contributed by atoms with Crippen LogP contribution in [0.3, 0.4) is 0 Å². The molecule has 0 aliphatic carbocycles. The average molecular weight is 288 g/mol. The maximum Gasteiger partial charge on any atom is 0.305 e. The molecule has 16 heavy (non-hydrogen) atoms. The number of ether oxygens (including phenoxy) is 1. The molecule has 0 amide bonds. The van der Waals surface area contributed by atoms with Crippen molar-refractivity contribution in [3.8, 4) is 5.75 Å². The van der Waals surface area contributed by atoms with Gasteiger partial charge in [-0.3, -0.25) is 4.79 Å². The number of esters is 1. The zero-order valence-electron chi connectivity index (χ0n) is 8.94. The Morgan fingerprint density at radius 1 is 1.62 bits per heavy atom. The van der Waals surface area contributed by atoms with E-state index in [1.807, 2.05) is 0 Å². The molecule has 0 heterocycles. The third-order valence-electron chi connectivity index (χ3n) is 2.27. The van der Waals surface area contributed by atoms with Gasteiger partial charge in [-0.25, -0.2) is 0 Å². The molecular formula is C11H14BrNO3. The molecule has 1 rings (SSSR count). The lowest BCUT2D eigenvalue weighted by Gasteiger charge is -2.13. The largest absolute Gasteiger partial charge is 0.508 e. The fourth-order valence-electron chi connectivity index (χ4n) is 1.35. The molecular weight excluding hydrogens is 274 g/mol. The predicted molar refractivity (Wildman–Crippen MR) is 64.0 cm³/mol. The lowest BCUT2D eigenvalue weighted by atomic mass is 10.0. The van der Waals surface area contributed by atoms with E-state index in [-0.39, 0.29) is 24.2 Å². The summed E-state index contributed by atoms with van der Waals surface area (Å²) < 4.78 is 5.36. The van der Waals surface area contributed by atoms with Gasteiger partial charge in [-0.15, -0.1) is 0 Å². The fraction of sp³-hybridized carbons (Fsp3) is 0.364. The molecule has 0 spiro atoms. The van der Waals surface area contributed by atoms with Gasteiger partial charge >= 0.3 is 5.97 Å². The van der Waals surface area contributed by atoms with Crippen LogP contribution in [0.25, 0.3) is 0 Å². The van der Waals surface area contributed by atoms with Crippen LogP contribution in [0.4, 0.5) is 0 Å². The van der Waals surface area contributed by atoms with Gasteiger partial charge in [0.15, 0.2) is 0 Å². The van der Waals surface area contributed by atoms with Crippen molar-refractivity contribution in [2.75, 3.05) is 7.11 Å². The lowest BCUT2D eigenvalue weighted by Crippen LogP contribution is -2.13. The van der Waals surface area contributed by atoms with E-state index in [9.17, 15) is 9.90 Å². The van der Waals surface area contributed by atoms with Gasteiger partial charge in [0.05, 0.1) is 7.11 Å². The first-order valence-electron chi connectivity index (χ1n) is 4.85. The van der Waals surface area contributed by atoms with E-state index >= 15 is 0 Å². The highest BCUT2D eigenvalue weighted by molar-refractivity contribution is 9.10. The number of hydrogen-bond acceptors (Lipinski definition) is 4. The van der Waals surface area contributed by atoms with Crippen LogP contribution in [0.2, 0.25) is 0 Å². The number of carbonyl (C=O) groups excluding carboxylic acids is 1. The number of phenolic OH excluding ortho intramolecular Hbond substituents is 1. The van der Waals surface area contributed by atoms with Crippen molar-refractivity contribution in [3.63, 3.8) is 0 Å². The minimum Gasteiger partial charge on any atom is -0.508 e. The number of benzene rings is 1. The summed E-state index contributed by atoms with van der Waals surface area (Å²) in [7, 11) is 1.35. The Morgan fingerprint density at radius 2 is 2.31 bits per heavy atom. The molecule has 1 unspecified atom stereocenters. The van der Waals surface area contributed by atoms with Crippen LogP contribution < -0.4 is 5.73 Å². The van der Waals surface area contributed by atoms with Crippen LogP contribution in [-0.4, -0.2) is 18.2 Å². The summed E-state index contributed by atoms with van der Waals surface area (Å²) in [5.74, 6) is -0.126. The second-order valence-electron chi connectivity index (χ2n) is 3.43. The lowest BCUT2D eigenvalue weighted by molar-refractivity contribution is -0.140. The molecule has 88 valence electrons. The zero-order valence-corrected chi connectivity index (χ0v) is 10.5. The van der Waals surface area contributed by atoms with Crippen molar-refractivity contribution >= 4 is 21.9 Å². The SMILES string of the molecule is COC(=O)CCC(N)c1cc(O)ccc1Br. The Balaban J connectivity index is 2.68.